The van der Waals surface area contributed by atoms with Crippen LogP contribution < -0.4 is 5.32 Å². The Morgan fingerprint density at radius 2 is 1.91 bits per heavy atom. The number of rotatable bonds is 7. The molecule has 0 saturated carbocycles. The van der Waals surface area contributed by atoms with Gasteiger partial charge in [-0.15, -0.1) is 16.8 Å². The van der Waals surface area contributed by atoms with Gasteiger partial charge in [0.05, 0.1) is 5.75 Å². The van der Waals surface area contributed by atoms with E-state index in [4.69, 9.17) is 0 Å². The van der Waals surface area contributed by atoms with Crippen molar-refractivity contribution in [2.45, 2.75) is 50.7 Å². The summed E-state index contributed by atoms with van der Waals surface area (Å²) in [6.07, 6.45) is 2.91. The van der Waals surface area contributed by atoms with Crippen molar-refractivity contribution in [3.63, 3.8) is 0 Å². The Labute approximate surface area is 198 Å². The molecule has 0 radical (unpaired) electrons. The van der Waals surface area contributed by atoms with Crippen molar-refractivity contribution in [3.05, 3.63) is 71.8 Å². The molecule has 0 bridgehead atoms. The first-order valence-electron chi connectivity index (χ1n) is 11.0. The van der Waals surface area contributed by atoms with Crippen molar-refractivity contribution >= 4 is 29.1 Å². The summed E-state index contributed by atoms with van der Waals surface area (Å²) in [5, 5.41) is 12.3. The largest absolute Gasteiger partial charge is 0.326 e. The third kappa shape index (κ3) is 5.09. The molecule has 0 spiro atoms. The standard InChI is InChI=1S/C26H28N4O2S/c1-5-14-30-24(17-6-10-20(11-7-17)26(2,3)4)28-29-25(30)33-16-22(31)19-8-12-21-18(15-19)9-13-23(32)27-21/h5-8,10-12,15H,1,9,13-14,16H2,2-4H3,(H,27,32). The molecule has 1 aliphatic rings. The van der Waals surface area contributed by atoms with Crippen molar-refractivity contribution in [2.75, 3.05) is 11.1 Å². The maximum Gasteiger partial charge on any atom is 0.224 e. The van der Waals surface area contributed by atoms with E-state index < -0.39 is 0 Å². The number of nitrogens with zero attached hydrogens (tertiary/aromatic N) is 3. The highest BCUT2D eigenvalue weighted by molar-refractivity contribution is 7.99. The Hall–Kier alpha value is -3.19. The fourth-order valence-electron chi connectivity index (χ4n) is 3.79. The van der Waals surface area contributed by atoms with Crippen LogP contribution in [-0.4, -0.2) is 32.2 Å². The number of nitrogens with one attached hydrogen (secondary N) is 1. The molecule has 0 atom stereocenters. The number of benzene rings is 2. The second kappa shape index (κ2) is 9.35. The first-order chi connectivity index (χ1) is 15.8. The number of thioether (sulfide) groups is 1. The number of allylic oxidation sites excluding steroid dienone is 1. The highest BCUT2D eigenvalue weighted by Gasteiger charge is 2.19. The van der Waals surface area contributed by atoms with E-state index in [1.54, 1.807) is 12.1 Å². The predicted molar refractivity (Wildman–Crippen MR) is 133 cm³/mol. The first kappa shape index (κ1) is 23.0. The maximum atomic E-state index is 12.9. The average Bonchev–Trinajstić information content (AvgIpc) is 3.19. The Morgan fingerprint density at radius 3 is 2.61 bits per heavy atom. The molecule has 33 heavy (non-hydrogen) atoms. The highest BCUT2D eigenvalue weighted by atomic mass is 32.2. The number of hydrogen-bond acceptors (Lipinski definition) is 5. The van der Waals surface area contributed by atoms with E-state index in [2.05, 4.69) is 67.1 Å². The maximum absolute atomic E-state index is 12.9. The average molecular weight is 461 g/mol. The molecular formula is C26H28N4O2S. The van der Waals surface area contributed by atoms with Crippen LogP contribution in [0.25, 0.3) is 11.4 Å². The summed E-state index contributed by atoms with van der Waals surface area (Å²) in [5.74, 6) is 1.05. The van der Waals surface area contributed by atoms with E-state index in [1.807, 2.05) is 16.7 Å². The van der Waals surface area contributed by atoms with Gasteiger partial charge in [0.15, 0.2) is 16.8 Å². The number of ketones is 1. The Balaban J connectivity index is 1.51. The lowest BCUT2D eigenvalue weighted by Crippen LogP contribution is -2.19. The molecule has 1 N–H and O–H groups in total. The second-order valence-electron chi connectivity index (χ2n) is 9.16. The zero-order valence-corrected chi connectivity index (χ0v) is 20.0. The van der Waals surface area contributed by atoms with E-state index in [9.17, 15) is 9.59 Å². The normalized spacial score (nSPS) is 13.4. The minimum Gasteiger partial charge on any atom is -0.326 e. The number of carbonyl (C=O) groups is 2. The summed E-state index contributed by atoms with van der Waals surface area (Å²) in [6, 6.07) is 13.8. The minimum atomic E-state index is 0.0162. The Bertz CT molecular complexity index is 1210. The van der Waals surface area contributed by atoms with Gasteiger partial charge in [0.1, 0.15) is 0 Å². The molecule has 0 aliphatic carbocycles. The number of carbonyl (C=O) groups excluding carboxylic acids is 2. The van der Waals surface area contributed by atoms with Crippen molar-refractivity contribution in [2.24, 2.45) is 0 Å². The Morgan fingerprint density at radius 1 is 1.15 bits per heavy atom. The molecule has 0 saturated heterocycles. The van der Waals surface area contributed by atoms with Crippen LogP contribution in [-0.2, 0) is 23.2 Å². The summed E-state index contributed by atoms with van der Waals surface area (Å²) in [7, 11) is 0. The molecule has 7 heteroatoms. The van der Waals surface area contributed by atoms with E-state index in [0.717, 1.165) is 22.6 Å². The van der Waals surface area contributed by atoms with Crippen molar-refractivity contribution in [3.8, 4) is 11.4 Å². The number of anilines is 1. The molecule has 3 aromatic rings. The fourth-order valence-corrected chi connectivity index (χ4v) is 4.63. The molecule has 0 unspecified atom stereocenters. The molecule has 1 amide bonds. The second-order valence-corrected chi connectivity index (χ2v) is 10.1. The van der Waals surface area contributed by atoms with Crippen molar-refractivity contribution in [1.29, 1.82) is 0 Å². The fraction of sp³-hybridized carbons (Fsp3) is 0.308. The summed E-state index contributed by atoms with van der Waals surface area (Å²) < 4.78 is 1.99. The summed E-state index contributed by atoms with van der Waals surface area (Å²) >= 11 is 1.37. The van der Waals surface area contributed by atoms with Crippen LogP contribution in [0.4, 0.5) is 5.69 Å². The van der Waals surface area contributed by atoms with Crippen LogP contribution in [0, 0.1) is 0 Å². The van der Waals surface area contributed by atoms with Gasteiger partial charge in [0, 0.05) is 29.8 Å². The molecule has 170 valence electrons. The van der Waals surface area contributed by atoms with Crippen molar-refractivity contribution < 1.29 is 9.59 Å². The van der Waals surface area contributed by atoms with Crippen LogP contribution in [0.1, 0.15) is 48.7 Å². The van der Waals surface area contributed by atoms with Gasteiger partial charge in [-0.25, -0.2) is 0 Å². The van der Waals surface area contributed by atoms with E-state index >= 15 is 0 Å². The number of amides is 1. The summed E-state index contributed by atoms with van der Waals surface area (Å²) in [4.78, 5) is 24.4. The van der Waals surface area contributed by atoms with Gasteiger partial charge in [-0.05, 0) is 41.2 Å². The zero-order valence-electron chi connectivity index (χ0n) is 19.2. The van der Waals surface area contributed by atoms with Gasteiger partial charge in [-0.2, -0.15) is 0 Å². The monoisotopic (exact) mass is 460 g/mol. The van der Waals surface area contributed by atoms with E-state index in [0.29, 0.717) is 30.1 Å². The number of Topliss-reactive ketones (excluding diaryl/α,β-unsaturated/α-hetero) is 1. The molecule has 6 nitrogen and oxygen atoms in total. The highest BCUT2D eigenvalue weighted by Crippen LogP contribution is 2.29. The quantitative estimate of drug-likeness (QED) is 0.295. The first-order valence-corrected chi connectivity index (χ1v) is 12.0. The third-order valence-corrected chi connectivity index (χ3v) is 6.66. The molecule has 1 aromatic heterocycles. The van der Waals surface area contributed by atoms with Crippen LogP contribution in [0.5, 0.6) is 0 Å². The van der Waals surface area contributed by atoms with Gasteiger partial charge in [0.25, 0.3) is 0 Å². The van der Waals surface area contributed by atoms with E-state index in [1.165, 1.54) is 17.3 Å². The molecular weight excluding hydrogens is 432 g/mol. The van der Waals surface area contributed by atoms with Gasteiger partial charge in [0.2, 0.25) is 5.91 Å². The number of fused-ring (bicyclic) bond motifs is 1. The third-order valence-electron chi connectivity index (χ3n) is 5.69. The lowest BCUT2D eigenvalue weighted by Gasteiger charge is -2.19. The minimum absolute atomic E-state index is 0.0162. The van der Waals surface area contributed by atoms with Gasteiger partial charge < -0.3 is 5.32 Å². The van der Waals surface area contributed by atoms with Crippen LogP contribution >= 0.6 is 11.8 Å². The van der Waals surface area contributed by atoms with Crippen molar-refractivity contribution in [1.82, 2.24) is 14.8 Å². The summed E-state index contributed by atoms with van der Waals surface area (Å²) in [5.41, 5.74) is 4.75. The number of aromatic nitrogens is 3. The molecule has 4 rings (SSSR count). The molecule has 2 aromatic carbocycles. The smallest absolute Gasteiger partial charge is 0.224 e. The Kier molecular flexibility index (Phi) is 6.51. The number of hydrogen-bond donors (Lipinski definition) is 1. The predicted octanol–water partition coefficient (Wildman–Crippen LogP) is 5.29. The van der Waals surface area contributed by atoms with Crippen LogP contribution in [0.3, 0.4) is 0 Å². The topological polar surface area (TPSA) is 76.9 Å². The van der Waals surface area contributed by atoms with E-state index in [-0.39, 0.29) is 22.9 Å². The molecule has 0 fully saturated rings. The van der Waals surface area contributed by atoms with Crippen LogP contribution in [0.2, 0.25) is 0 Å². The lowest BCUT2D eigenvalue weighted by atomic mass is 9.87. The molecule has 1 aliphatic heterocycles. The molecule has 2 heterocycles. The van der Waals surface area contributed by atoms with Gasteiger partial charge in [-0.1, -0.05) is 62.9 Å². The number of aryl methyl sites for hydroxylation is 1. The zero-order chi connectivity index (χ0) is 23.6. The summed E-state index contributed by atoms with van der Waals surface area (Å²) in [6.45, 7) is 11.0. The van der Waals surface area contributed by atoms with Gasteiger partial charge >= 0.3 is 0 Å². The van der Waals surface area contributed by atoms with Gasteiger partial charge in [-0.3, -0.25) is 14.2 Å². The van der Waals surface area contributed by atoms with Crippen LogP contribution in [0.15, 0.2) is 60.3 Å². The lowest BCUT2D eigenvalue weighted by molar-refractivity contribution is -0.116. The SMILES string of the molecule is C=CCn1c(SCC(=O)c2ccc3c(c2)CCC(=O)N3)nnc1-c1ccc(C(C)(C)C)cc1.